The Morgan fingerprint density at radius 3 is 2.69 bits per heavy atom. The number of rotatable bonds is 2. The third-order valence-electron chi connectivity index (χ3n) is 5.04. The fourth-order valence-corrected chi connectivity index (χ4v) is 3.36. The van der Waals surface area contributed by atoms with Crippen LogP contribution >= 0.6 is 0 Å². The summed E-state index contributed by atoms with van der Waals surface area (Å²) in [5, 5.41) is 0. The fraction of sp³-hybridized carbons (Fsp3) is 0.450. The van der Waals surface area contributed by atoms with E-state index in [0.29, 0.717) is 17.6 Å². The Morgan fingerprint density at radius 1 is 1.31 bits per heavy atom. The molecule has 26 heavy (non-hydrogen) atoms. The Hall–Kier alpha value is -2.63. The minimum absolute atomic E-state index is 0.220. The van der Waals surface area contributed by atoms with Gasteiger partial charge in [0.25, 0.3) is 0 Å². The predicted molar refractivity (Wildman–Crippen MR) is 92.8 cm³/mol. The molecule has 2 aliphatic heterocycles. The van der Waals surface area contributed by atoms with E-state index >= 15 is 0 Å². The van der Waals surface area contributed by atoms with Crippen LogP contribution < -0.4 is 0 Å². The van der Waals surface area contributed by atoms with Gasteiger partial charge in [-0.05, 0) is 39.7 Å². The van der Waals surface area contributed by atoms with E-state index in [-0.39, 0.29) is 5.57 Å². The number of carbonyl (C=O) groups is 3. The second-order valence-corrected chi connectivity index (χ2v) is 6.80. The first-order valence-corrected chi connectivity index (χ1v) is 8.65. The summed E-state index contributed by atoms with van der Waals surface area (Å²) < 4.78 is 16.4. The molecule has 0 spiro atoms. The first-order valence-electron chi connectivity index (χ1n) is 8.65. The van der Waals surface area contributed by atoms with E-state index in [1.54, 1.807) is 19.9 Å². The maximum atomic E-state index is 12.4. The van der Waals surface area contributed by atoms with Gasteiger partial charge in [-0.3, -0.25) is 0 Å². The summed E-state index contributed by atoms with van der Waals surface area (Å²) in [6.07, 6.45) is 4.52. The molecule has 0 bridgehead atoms. The Balaban J connectivity index is 2.03. The van der Waals surface area contributed by atoms with Crippen molar-refractivity contribution in [2.24, 2.45) is 5.92 Å². The lowest BCUT2D eigenvalue weighted by Gasteiger charge is -2.38. The Kier molecular flexibility index (Phi) is 4.85. The van der Waals surface area contributed by atoms with E-state index in [4.69, 9.17) is 14.2 Å². The highest BCUT2D eigenvalue weighted by Crippen LogP contribution is 2.40. The smallest absolute Gasteiger partial charge is 0.338 e. The molecule has 2 heterocycles. The maximum absolute atomic E-state index is 12.4. The fourth-order valence-electron chi connectivity index (χ4n) is 3.36. The monoisotopic (exact) mass is 358 g/mol. The van der Waals surface area contributed by atoms with Crippen molar-refractivity contribution in [2.75, 3.05) is 0 Å². The van der Waals surface area contributed by atoms with Gasteiger partial charge in [-0.1, -0.05) is 24.3 Å². The van der Waals surface area contributed by atoms with Crippen LogP contribution in [0.5, 0.6) is 0 Å². The van der Waals surface area contributed by atoms with Crippen molar-refractivity contribution in [3.05, 3.63) is 47.1 Å². The van der Waals surface area contributed by atoms with E-state index in [1.807, 2.05) is 19.1 Å². The minimum Gasteiger partial charge on any atom is -0.454 e. The minimum atomic E-state index is -0.868. The second kappa shape index (κ2) is 6.94. The van der Waals surface area contributed by atoms with Crippen LogP contribution in [-0.4, -0.2) is 36.2 Å². The van der Waals surface area contributed by atoms with Crippen LogP contribution in [0.25, 0.3) is 0 Å². The van der Waals surface area contributed by atoms with Crippen molar-refractivity contribution in [3.8, 4) is 0 Å². The van der Waals surface area contributed by atoms with Gasteiger partial charge in [0.05, 0.1) is 11.5 Å². The van der Waals surface area contributed by atoms with Crippen molar-refractivity contribution >= 4 is 17.9 Å². The summed E-state index contributed by atoms with van der Waals surface area (Å²) >= 11 is 0. The number of hydrogen-bond donors (Lipinski definition) is 0. The van der Waals surface area contributed by atoms with Gasteiger partial charge in [0.15, 0.2) is 12.2 Å². The summed E-state index contributed by atoms with van der Waals surface area (Å²) in [5.41, 5.74) is 2.15. The molecule has 6 nitrogen and oxygen atoms in total. The molecule has 1 aliphatic carbocycles. The van der Waals surface area contributed by atoms with Gasteiger partial charge in [0, 0.05) is 11.1 Å². The average molecular weight is 358 g/mol. The van der Waals surface area contributed by atoms with Crippen LogP contribution in [0.1, 0.15) is 33.6 Å². The van der Waals surface area contributed by atoms with E-state index in [2.05, 4.69) is 6.58 Å². The molecular formula is C20H22O6. The van der Waals surface area contributed by atoms with E-state index in [9.17, 15) is 14.4 Å². The molecule has 6 heteroatoms. The molecule has 0 amide bonds. The molecule has 0 unspecified atom stereocenters. The van der Waals surface area contributed by atoms with Gasteiger partial charge >= 0.3 is 17.9 Å². The Morgan fingerprint density at radius 2 is 2.04 bits per heavy atom. The van der Waals surface area contributed by atoms with Crippen LogP contribution in [0.2, 0.25) is 0 Å². The van der Waals surface area contributed by atoms with Crippen LogP contribution in [0.4, 0.5) is 0 Å². The summed E-state index contributed by atoms with van der Waals surface area (Å²) in [6.45, 7) is 9.13. The molecule has 138 valence electrons. The van der Waals surface area contributed by atoms with Crippen molar-refractivity contribution in [2.45, 2.75) is 51.9 Å². The molecule has 3 rings (SSSR count). The molecule has 0 saturated carbocycles. The van der Waals surface area contributed by atoms with Crippen molar-refractivity contribution in [1.82, 2.24) is 0 Å². The second-order valence-electron chi connectivity index (χ2n) is 6.80. The average Bonchev–Trinajstić information content (AvgIpc) is 2.87. The molecule has 0 radical (unpaired) electrons. The van der Waals surface area contributed by atoms with Crippen LogP contribution in [0, 0.1) is 5.92 Å². The number of ether oxygens (including phenoxy) is 3. The summed E-state index contributed by atoms with van der Waals surface area (Å²) in [4.78, 5) is 36.4. The molecule has 0 N–H and O–H groups in total. The van der Waals surface area contributed by atoms with Crippen molar-refractivity contribution < 1.29 is 28.6 Å². The van der Waals surface area contributed by atoms with E-state index in [0.717, 1.165) is 12.0 Å². The molecule has 2 fully saturated rings. The molecule has 0 aromatic rings. The zero-order valence-corrected chi connectivity index (χ0v) is 15.1. The lowest BCUT2D eigenvalue weighted by molar-refractivity contribution is -0.178. The van der Waals surface area contributed by atoms with Crippen molar-refractivity contribution in [1.29, 1.82) is 0 Å². The molecule has 0 aromatic carbocycles. The molecule has 4 atom stereocenters. The highest BCUT2D eigenvalue weighted by atomic mass is 16.6. The third-order valence-corrected chi connectivity index (χ3v) is 5.04. The van der Waals surface area contributed by atoms with Gasteiger partial charge in [-0.15, -0.1) is 0 Å². The number of carbonyl (C=O) groups excluding carboxylic acids is 3. The first-order chi connectivity index (χ1) is 12.3. The SMILES string of the molecule is C=C1C(=O)O[C@@H]2/C=C(/C)CC/C=C3\C(=O)O[C@H]3[C@@H](OC(=O)/C(C)=C\C)[C@@H]12. The van der Waals surface area contributed by atoms with Gasteiger partial charge in [-0.2, -0.15) is 0 Å². The molecular weight excluding hydrogens is 336 g/mol. The zero-order valence-electron chi connectivity index (χ0n) is 15.1. The zero-order chi connectivity index (χ0) is 19.0. The molecule has 0 aromatic heterocycles. The molecule has 3 aliphatic rings. The summed E-state index contributed by atoms with van der Waals surface area (Å²) in [5.74, 6) is -2.08. The number of fused-ring (bicyclic) bond motifs is 2. The highest BCUT2D eigenvalue weighted by molar-refractivity contribution is 5.97. The number of esters is 3. The van der Waals surface area contributed by atoms with E-state index in [1.165, 1.54) is 0 Å². The van der Waals surface area contributed by atoms with Gasteiger partial charge < -0.3 is 14.2 Å². The molecule has 2 saturated heterocycles. The van der Waals surface area contributed by atoms with Crippen LogP contribution in [0.3, 0.4) is 0 Å². The Bertz CT molecular complexity index is 769. The van der Waals surface area contributed by atoms with Crippen molar-refractivity contribution in [3.63, 3.8) is 0 Å². The largest absolute Gasteiger partial charge is 0.454 e. The number of allylic oxidation sites excluding steroid dienone is 3. The number of hydrogen-bond acceptors (Lipinski definition) is 6. The van der Waals surface area contributed by atoms with E-state index < -0.39 is 42.1 Å². The summed E-state index contributed by atoms with van der Waals surface area (Å²) in [7, 11) is 0. The van der Waals surface area contributed by atoms with Gasteiger partial charge in [0.2, 0.25) is 0 Å². The van der Waals surface area contributed by atoms with Crippen LogP contribution in [-0.2, 0) is 28.6 Å². The quantitative estimate of drug-likeness (QED) is 0.327. The topological polar surface area (TPSA) is 78.9 Å². The lowest BCUT2D eigenvalue weighted by atomic mass is 9.81. The van der Waals surface area contributed by atoms with Gasteiger partial charge in [-0.25, -0.2) is 14.4 Å². The normalized spacial score (nSPS) is 35.5. The maximum Gasteiger partial charge on any atom is 0.338 e. The van der Waals surface area contributed by atoms with Gasteiger partial charge in [0.1, 0.15) is 6.10 Å². The van der Waals surface area contributed by atoms with Crippen LogP contribution in [0.15, 0.2) is 47.1 Å². The summed E-state index contributed by atoms with van der Waals surface area (Å²) in [6, 6.07) is 0. The Labute approximate surface area is 152 Å². The lowest BCUT2D eigenvalue weighted by Crippen LogP contribution is -2.52. The standard InChI is InChI=1S/C20H22O6/c1-5-11(3)18(21)26-17-15-12(4)19(22)24-14(15)9-10(2)7-6-8-13-16(17)25-20(13)23/h5,8-9,14-17H,4,6-7H2,1-3H3/b10-9-,11-5-,13-8-/t14-,15+,16-,17+/m1/s1. The highest BCUT2D eigenvalue weighted by Gasteiger charge is 2.53. The first kappa shape index (κ1) is 18.2. The third kappa shape index (κ3) is 3.11. The predicted octanol–water partition coefficient (Wildman–Crippen LogP) is 2.55.